The van der Waals surface area contributed by atoms with Crippen molar-refractivity contribution in [1.29, 1.82) is 0 Å². The molecule has 0 spiro atoms. The number of nitrogens with one attached hydrogen (secondary N) is 1. The zero-order chi connectivity index (χ0) is 27.0. The fourth-order valence-electron chi connectivity index (χ4n) is 4.34. The number of tetrazole rings is 1. The molecule has 0 aliphatic rings. The molecule has 1 N–H and O–H groups in total. The Balaban J connectivity index is 0.00000420. The van der Waals surface area contributed by atoms with Crippen LogP contribution in [0.2, 0.25) is 5.02 Å². The average Bonchev–Trinajstić information content (AvgIpc) is 3.41. The topological polar surface area (TPSA) is 66.9 Å². The number of nitrogens with zero attached hydrogens (tertiary/aromatic N) is 4. The monoisotopic (exact) mass is 579 g/mol. The summed E-state index contributed by atoms with van der Waals surface area (Å²) in [6, 6.07) is 21.9. The molecule has 1 heterocycles. The molecular formula is C28H30Cl2F3N5O. The zero-order valence-corrected chi connectivity index (χ0v) is 22.9. The van der Waals surface area contributed by atoms with E-state index in [0.29, 0.717) is 50.5 Å². The van der Waals surface area contributed by atoms with E-state index in [9.17, 15) is 13.2 Å². The van der Waals surface area contributed by atoms with Crippen molar-refractivity contribution in [3.8, 4) is 5.75 Å². The quantitative estimate of drug-likeness (QED) is 0.184. The second-order valence-electron chi connectivity index (χ2n) is 9.20. The Morgan fingerprint density at radius 3 is 2.51 bits per heavy atom. The predicted molar refractivity (Wildman–Crippen MR) is 147 cm³/mol. The van der Waals surface area contributed by atoms with Crippen LogP contribution in [-0.4, -0.2) is 45.2 Å². The molecule has 6 nitrogen and oxygen atoms in total. The van der Waals surface area contributed by atoms with Crippen LogP contribution in [0.25, 0.3) is 0 Å². The molecule has 0 saturated carbocycles. The number of aromatic nitrogens is 4. The second kappa shape index (κ2) is 14.3. The van der Waals surface area contributed by atoms with Gasteiger partial charge >= 0.3 is 6.18 Å². The van der Waals surface area contributed by atoms with Crippen LogP contribution in [0.4, 0.5) is 13.2 Å². The van der Waals surface area contributed by atoms with E-state index < -0.39 is 11.7 Å². The minimum Gasteiger partial charge on any atom is -0.494 e. The predicted octanol–water partition coefficient (Wildman–Crippen LogP) is 6.96. The maximum atomic E-state index is 13.4. The van der Waals surface area contributed by atoms with Crippen LogP contribution in [0, 0.1) is 0 Å². The Morgan fingerprint density at radius 2 is 1.79 bits per heavy atom. The maximum absolute atomic E-state index is 13.4. The average molecular weight is 580 g/mol. The van der Waals surface area contributed by atoms with Gasteiger partial charge in [0.05, 0.1) is 17.2 Å². The minimum atomic E-state index is -4.50. The van der Waals surface area contributed by atoms with Gasteiger partial charge in [-0.2, -0.15) is 13.2 Å². The van der Waals surface area contributed by atoms with Crippen molar-refractivity contribution in [2.24, 2.45) is 0 Å². The van der Waals surface area contributed by atoms with Crippen LogP contribution in [0.3, 0.4) is 0 Å². The van der Waals surface area contributed by atoms with Gasteiger partial charge in [-0.25, -0.2) is 5.10 Å². The lowest BCUT2D eigenvalue weighted by Crippen LogP contribution is -2.30. The van der Waals surface area contributed by atoms with E-state index in [1.54, 1.807) is 6.07 Å². The van der Waals surface area contributed by atoms with Crippen molar-refractivity contribution in [3.05, 3.63) is 106 Å². The highest BCUT2D eigenvalue weighted by Gasteiger charge is 2.34. The van der Waals surface area contributed by atoms with Gasteiger partial charge in [0, 0.05) is 26.1 Å². The van der Waals surface area contributed by atoms with Crippen LogP contribution in [0.1, 0.15) is 47.3 Å². The molecule has 0 amide bonds. The van der Waals surface area contributed by atoms with Gasteiger partial charge in [0.25, 0.3) is 0 Å². The third kappa shape index (κ3) is 8.95. The van der Waals surface area contributed by atoms with E-state index in [2.05, 4.69) is 44.6 Å². The van der Waals surface area contributed by atoms with E-state index in [-0.39, 0.29) is 23.3 Å². The summed E-state index contributed by atoms with van der Waals surface area (Å²) in [5.41, 5.74) is 1.83. The summed E-state index contributed by atoms with van der Waals surface area (Å²) in [5, 5.41) is 13.6. The molecular weight excluding hydrogens is 550 g/mol. The maximum Gasteiger partial charge on any atom is 0.417 e. The summed E-state index contributed by atoms with van der Waals surface area (Å²) in [7, 11) is 0. The molecule has 0 radical (unpaired) electrons. The normalized spacial score (nSPS) is 12.3. The smallest absolute Gasteiger partial charge is 0.417 e. The van der Waals surface area contributed by atoms with Gasteiger partial charge in [0.2, 0.25) is 0 Å². The minimum absolute atomic E-state index is 0. The first-order valence-electron chi connectivity index (χ1n) is 12.4. The fourth-order valence-corrected chi connectivity index (χ4v) is 4.63. The molecule has 0 saturated heterocycles. The first-order chi connectivity index (χ1) is 18.3. The van der Waals surface area contributed by atoms with E-state index >= 15 is 0 Å². The van der Waals surface area contributed by atoms with Crippen LogP contribution in [-0.2, 0) is 19.1 Å². The molecule has 11 heteroatoms. The fraction of sp³-hybridized carbons (Fsp3) is 0.321. The number of alkyl halides is 3. The van der Waals surface area contributed by atoms with Gasteiger partial charge in [0.15, 0.2) is 5.82 Å². The number of aromatic amines is 1. The third-order valence-electron chi connectivity index (χ3n) is 6.23. The van der Waals surface area contributed by atoms with Crippen molar-refractivity contribution < 1.29 is 17.9 Å². The first kappa shape index (κ1) is 30.4. The lowest BCUT2D eigenvalue weighted by atomic mass is 10.00. The van der Waals surface area contributed by atoms with Gasteiger partial charge in [-0.15, -0.1) is 17.5 Å². The summed E-state index contributed by atoms with van der Waals surface area (Å²) in [4.78, 5) is 2.13. The highest BCUT2D eigenvalue weighted by molar-refractivity contribution is 6.32. The lowest BCUT2D eigenvalue weighted by molar-refractivity contribution is -0.137. The molecule has 39 heavy (non-hydrogen) atoms. The molecule has 3 aromatic carbocycles. The molecule has 0 aliphatic carbocycles. The Kier molecular flexibility index (Phi) is 11.2. The Hall–Kier alpha value is -3.14. The van der Waals surface area contributed by atoms with Crippen LogP contribution >= 0.6 is 24.0 Å². The molecule has 1 aromatic heterocycles. The highest BCUT2D eigenvalue weighted by atomic mass is 35.5. The first-order valence-corrected chi connectivity index (χ1v) is 12.7. The Bertz CT molecular complexity index is 1290. The second-order valence-corrected chi connectivity index (χ2v) is 9.58. The van der Waals surface area contributed by atoms with Crippen LogP contribution in [0.5, 0.6) is 5.75 Å². The highest BCUT2D eigenvalue weighted by Crippen LogP contribution is 2.36. The molecule has 208 valence electrons. The summed E-state index contributed by atoms with van der Waals surface area (Å²) in [6.07, 6.45) is -3.25. The van der Waals surface area contributed by atoms with E-state index in [1.807, 2.05) is 42.5 Å². The van der Waals surface area contributed by atoms with Crippen molar-refractivity contribution >= 4 is 24.0 Å². The molecule has 4 rings (SSSR count). The largest absolute Gasteiger partial charge is 0.494 e. The summed E-state index contributed by atoms with van der Waals surface area (Å²) in [6.45, 7) is 4.17. The van der Waals surface area contributed by atoms with Crippen molar-refractivity contribution in [2.45, 2.75) is 38.4 Å². The van der Waals surface area contributed by atoms with E-state index in [0.717, 1.165) is 17.4 Å². The molecule has 0 unspecified atom stereocenters. The molecule has 1 atom stereocenters. The standard InChI is InChI=1S/C28H29ClF3N5O.ClH/c1-20(22-9-3-2-4-10-22)18-37(19-23-11-6-13-25(27(23)29)28(30,31)32)14-7-15-38-24-12-5-8-21(16-24)17-26-33-35-36-34-26;/h2-6,8-13,16,20H,7,14-15,17-19H2,1H3,(H,33,34,35,36);1H/t20-;/m0./s1. The molecule has 0 fully saturated rings. The van der Waals surface area contributed by atoms with Crippen molar-refractivity contribution in [1.82, 2.24) is 25.5 Å². The van der Waals surface area contributed by atoms with E-state index in [1.165, 1.54) is 11.6 Å². The van der Waals surface area contributed by atoms with Crippen LogP contribution in [0.15, 0.2) is 72.8 Å². The number of rotatable bonds is 12. The van der Waals surface area contributed by atoms with Gasteiger partial charge in [-0.05, 0) is 57.7 Å². The van der Waals surface area contributed by atoms with E-state index in [4.69, 9.17) is 16.3 Å². The number of H-pyrrole nitrogens is 1. The Morgan fingerprint density at radius 1 is 1.03 bits per heavy atom. The molecule has 0 aliphatic heterocycles. The Labute approximate surface area is 236 Å². The van der Waals surface area contributed by atoms with Gasteiger partial charge < -0.3 is 4.74 Å². The zero-order valence-electron chi connectivity index (χ0n) is 21.4. The van der Waals surface area contributed by atoms with Crippen LogP contribution < -0.4 is 4.74 Å². The lowest BCUT2D eigenvalue weighted by Gasteiger charge is -2.27. The number of hydrogen-bond donors (Lipinski definition) is 1. The molecule has 4 aromatic rings. The summed E-state index contributed by atoms with van der Waals surface area (Å²) in [5.74, 6) is 1.59. The summed E-state index contributed by atoms with van der Waals surface area (Å²) < 4.78 is 46.2. The summed E-state index contributed by atoms with van der Waals surface area (Å²) >= 11 is 6.21. The SMILES string of the molecule is C[C@@H](CN(CCCOc1cccc(Cc2nnn[nH]2)c1)Cc1cccc(C(F)(F)F)c1Cl)c1ccccc1.Cl. The number of ether oxygens (including phenoxy) is 1. The number of halogens is 5. The number of hydrogen-bond acceptors (Lipinski definition) is 5. The van der Waals surface area contributed by atoms with Crippen molar-refractivity contribution in [2.75, 3.05) is 19.7 Å². The number of benzene rings is 3. The molecule has 0 bridgehead atoms. The van der Waals surface area contributed by atoms with Gasteiger partial charge in [0.1, 0.15) is 5.75 Å². The third-order valence-corrected chi connectivity index (χ3v) is 6.67. The van der Waals surface area contributed by atoms with Gasteiger partial charge in [-0.1, -0.05) is 73.1 Å². The van der Waals surface area contributed by atoms with Crippen molar-refractivity contribution in [3.63, 3.8) is 0 Å². The van der Waals surface area contributed by atoms with Gasteiger partial charge in [-0.3, -0.25) is 4.90 Å².